The Kier molecular flexibility index (Phi) is 5.66. The normalized spacial score (nSPS) is 11.4. The van der Waals surface area contributed by atoms with Gasteiger partial charge in [0.15, 0.2) is 0 Å². The number of nitriles is 2. The summed E-state index contributed by atoms with van der Waals surface area (Å²) in [4.78, 5) is 0. The molecule has 0 bridgehead atoms. The molecule has 8 rings (SSSR count). The Hall–Kier alpha value is -6.10. The van der Waals surface area contributed by atoms with Gasteiger partial charge in [-0.25, -0.2) is 0 Å². The highest BCUT2D eigenvalue weighted by Crippen LogP contribution is 2.42. The molecule has 0 radical (unpaired) electrons. The highest BCUT2D eigenvalue weighted by molar-refractivity contribution is 6.12. The van der Waals surface area contributed by atoms with Gasteiger partial charge in [0.2, 0.25) is 0 Å². The van der Waals surface area contributed by atoms with Crippen LogP contribution in [0, 0.1) is 36.5 Å². The molecule has 0 spiro atoms. The monoisotopic (exact) mass is 562 g/mol. The second-order valence-corrected chi connectivity index (χ2v) is 11.3. The molecule has 0 amide bonds. The summed E-state index contributed by atoms with van der Waals surface area (Å²) in [5, 5.41) is 25.5. The largest absolute Gasteiger partial charge is 0.308 e. The zero-order chi connectivity index (χ0) is 29.9. The van der Waals surface area contributed by atoms with E-state index in [1.54, 1.807) is 0 Å². The van der Waals surface area contributed by atoms with Crippen molar-refractivity contribution < 1.29 is 0 Å². The topological polar surface area (TPSA) is 57.4 Å². The molecule has 4 heteroatoms. The number of aryl methyl sites for hydroxylation is 2. The summed E-state index contributed by atoms with van der Waals surface area (Å²) in [5.41, 5.74) is 11.1. The van der Waals surface area contributed by atoms with Gasteiger partial charge in [0.05, 0.1) is 45.1 Å². The Labute approximate surface area is 254 Å². The Balaban J connectivity index is 1.60. The second-order valence-electron chi connectivity index (χ2n) is 11.3. The summed E-state index contributed by atoms with van der Waals surface area (Å²) in [6.07, 6.45) is 0. The molecular formula is C40H26N4. The van der Waals surface area contributed by atoms with Gasteiger partial charge < -0.3 is 9.13 Å². The van der Waals surface area contributed by atoms with E-state index >= 15 is 0 Å². The smallest absolute Gasteiger partial charge is 0.104 e. The molecule has 206 valence electrons. The van der Waals surface area contributed by atoms with Crippen molar-refractivity contribution in [3.63, 3.8) is 0 Å². The molecule has 8 aromatic rings. The maximum Gasteiger partial charge on any atom is 0.104 e. The fraction of sp³-hybridized carbons (Fsp3) is 0.0500. The lowest BCUT2D eigenvalue weighted by Gasteiger charge is -2.20. The molecule has 0 aliphatic carbocycles. The van der Waals surface area contributed by atoms with Crippen molar-refractivity contribution in [2.75, 3.05) is 0 Å². The fourth-order valence-corrected chi connectivity index (χ4v) is 6.96. The molecule has 44 heavy (non-hydrogen) atoms. The standard InChI is InChI=1S/C40H26N4/c1-25-10-7-16-32-30-14-3-5-18-35(30)43(38(25)32)37-21-20-29(28-13-9-12-27(22-28)23-41)40(34(37)24-42)44-36-19-6-4-15-31(36)33-17-8-11-26(2)39(33)44/h3-22H,1-2H3. The molecule has 0 aliphatic heterocycles. The first-order valence-corrected chi connectivity index (χ1v) is 14.7. The van der Waals surface area contributed by atoms with Crippen LogP contribution in [0.3, 0.4) is 0 Å². The molecule has 2 heterocycles. The average Bonchev–Trinajstić information content (AvgIpc) is 3.59. The first-order valence-electron chi connectivity index (χ1n) is 14.7. The zero-order valence-corrected chi connectivity index (χ0v) is 24.3. The maximum absolute atomic E-state index is 11.2. The van der Waals surface area contributed by atoms with Crippen molar-refractivity contribution in [3.8, 4) is 34.6 Å². The lowest BCUT2D eigenvalue weighted by atomic mass is 9.96. The van der Waals surface area contributed by atoms with Crippen LogP contribution >= 0.6 is 0 Å². The highest BCUT2D eigenvalue weighted by Gasteiger charge is 2.24. The quantitative estimate of drug-likeness (QED) is 0.215. The number of fused-ring (bicyclic) bond motifs is 6. The number of hydrogen-bond donors (Lipinski definition) is 0. The van der Waals surface area contributed by atoms with Crippen LogP contribution in [0.1, 0.15) is 22.3 Å². The second kappa shape index (κ2) is 9.73. The molecule has 0 N–H and O–H groups in total. The van der Waals surface area contributed by atoms with Crippen LogP contribution in [0.25, 0.3) is 66.1 Å². The van der Waals surface area contributed by atoms with Gasteiger partial charge in [-0.1, -0.05) is 91.0 Å². The minimum atomic E-state index is 0.571. The molecule has 0 saturated heterocycles. The van der Waals surface area contributed by atoms with E-state index in [0.29, 0.717) is 11.1 Å². The van der Waals surface area contributed by atoms with Crippen LogP contribution in [-0.2, 0) is 0 Å². The SMILES string of the molecule is Cc1cccc2c3ccccc3n(-c3ccc(-c4cccc(C#N)c4)c(-n4c5ccccc5c5cccc(C)c54)c3C#N)c12. The molecule has 0 fully saturated rings. The average molecular weight is 563 g/mol. The predicted molar refractivity (Wildman–Crippen MR) is 179 cm³/mol. The first kappa shape index (κ1) is 25.6. The summed E-state index contributed by atoms with van der Waals surface area (Å²) in [6, 6.07) is 46.3. The molecule has 6 aromatic carbocycles. The number of para-hydroxylation sites is 4. The van der Waals surface area contributed by atoms with Crippen LogP contribution < -0.4 is 0 Å². The van der Waals surface area contributed by atoms with E-state index in [0.717, 1.165) is 77.2 Å². The van der Waals surface area contributed by atoms with E-state index < -0.39 is 0 Å². The van der Waals surface area contributed by atoms with Crippen LogP contribution in [0.15, 0.2) is 121 Å². The molecule has 0 saturated carbocycles. The molecule has 4 nitrogen and oxygen atoms in total. The lowest BCUT2D eigenvalue weighted by Crippen LogP contribution is -2.07. The minimum absolute atomic E-state index is 0.571. The van der Waals surface area contributed by atoms with E-state index in [2.05, 4.69) is 132 Å². The Morgan fingerprint density at radius 1 is 0.523 bits per heavy atom. The van der Waals surface area contributed by atoms with Crippen LogP contribution in [0.5, 0.6) is 0 Å². The Morgan fingerprint density at radius 3 is 1.73 bits per heavy atom. The van der Waals surface area contributed by atoms with Gasteiger partial charge in [-0.05, 0) is 60.9 Å². The van der Waals surface area contributed by atoms with E-state index in [-0.39, 0.29) is 0 Å². The Morgan fingerprint density at radius 2 is 1.09 bits per heavy atom. The summed E-state index contributed by atoms with van der Waals surface area (Å²) in [6.45, 7) is 4.25. The first-order chi connectivity index (χ1) is 21.6. The number of hydrogen-bond acceptors (Lipinski definition) is 2. The van der Waals surface area contributed by atoms with Crippen molar-refractivity contribution in [2.24, 2.45) is 0 Å². The fourth-order valence-electron chi connectivity index (χ4n) is 6.96. The summed E-state index contributed by atoms with van der Waals surface area (Å²) in [5.74, 6) is 0. The number of aromatic nitrogens is 2. The predicted octanol–water partition coefficient (Wildman–Crippen LogP) is 9.91. The Bertz CT molecular complexity index is 2550. The van der Waals surface area contributed by atoms with Gasteiger partial charge in [0, 0.05) is 27.1 Å². The van der Waals surface area contributed by atoms with Crippen LogP contribution in [-0.4, -0.2) is 9.13 Å². The maximum atomic E-state index is 11.2. The number of nitrogens with zero attached hydrogens (tertiary/aromatic N) is 4. The number of rotatable bonds is 3. The van der Waals surface area contributed by atoms with Crippen molar-refractivity contribution in [1.82, 2.24) is 9.13 Å². The van der Waals surface area contributed by atoms with E-state index in [1.165, 1.54) is 0 Å². The molecule has 2 aromatic heterocycles. The summed E-state index contributed by atoms with van der Waals surface area (Å²) < 4.78 is 4.51. The summed E-state index contributed by atoms with van der Waals surface area (Å²) in [7, 11) is 0. The summed E-state index contributed by atoms with van der Waals surface area (Å²) >= 11 is 0. The van der Waals surface area contributed by atoms with Gasteiger partial charge in [-0.15, -0.1) is 0 Å². The lowest BCUT2D eigenvalue weighted by molar-refractivity contribution is 1.11. The van der Waals surface area contributed by atoms with Gasteiger partial charge in [0.25, 0.3) is 0 Å². The van der Waals surface area contributed by atoms with E-state index in [9.17, 15) is 10.5 Å². The number of benzene rings is 6. The van der Waals surface area contributed by atoms with E-state index in [4.69, 9.17) is 0 Å². The van der Waals surface area contributed by atoms with Gasteiger partial charge in [0.1, 0.15) is 11.6 Å². The van der Waals surface area contributed by atoms with Crippen molar-refractivity contribution in [1.29, 1.82) is 10.5 Å². The van der Waals surface area contributed by atoms with Crippen molar-refractivity contribution in [2.45, 2.75) is 13.8 Å². The van der Waals surface area contributed by atoms with Gasteiger partial charge in [-0.3, -0.25) is 0 Å². The van der Waals surface area contributed by atoms with E-state index in [1.807, 2.05) is 24.3 Å². The van der Waals surface area contributed by atoms with Gasteiger partial charge in [-0.2, -0.15) is 10.5 Å². The van der Waals surface area contributed by atoms with Crippen molar-refractivity contribution >= 4 is 43.6 Å². The third kappa shape index (κ3) is 3.56. The molecule has 0 atom stereocenters. The van der Waals surface area contributed by atoms with Crippen LogP contribution in [0.2, 0.25) is 0 Å². The molecule has 0 unspecified atom stereocenters. The highest BCUT2D eigenvalue weighted by atomic mass is 15.0. The van der Waals surface area contributed by atoms with Crippen LogP contribution in [0.4, 0.5) is 0 Å². The van der Waals surface area contributed by atoms with Gasteiger partial charge >= 0.3 is 0 Å². The minimum Gasteiger partial charge on any atom is -0.308 e. The van der Waals surface area contributed by atoms with Crippen molar-refractivity contribution in [3.05, 3.63) is 144 Å². The molecular weight excluding hydrogens is 536 g/mol. The molecule has 0 aliphatic rings. The zero-order valence-electron chi connectivity index (χ0n) is 24.3. The third-order valence-corrected chi connectivity index (χ3v) is 8.83. The third-order valence-electron chi connectivity index (χ3n) is 8.83.